The zero-order valence-corrected chi connectivity index (χ0v) is 12.9. The van der Waals surface area contributed by atoms with E-state index in [1.165, 1.54) is 41.1 Å². The van der Waals surface area contributed by atoms with Crippen LogP contribution in [-0.4, -0.2) is 9.55 Å². The van der Waals surface area contributed by atoms with Gasteiger partial charge in [0.05, 0.1) is 11.4 Å². The molecule has 3 aromatic rings. The topological polar surface area (TPSA) is 17.8 Å². The van der Waals surface area contributed by atoms with E-state index in [2.05, 4.69) is 66.1 Å². The zero-order valence-electron chi connectivity index (χ0n) is 12.9. The molecule has 2 heterocycles. The van der Waals surface area contributed by atoms with Gasteiger partial charge in [-0.15, -0.1) is 0 Å². The second-order valence-corrected chi connectivity index (χ2v) is 6.07. The maximum atomic E-state index is 4.99. The molecule has 0 amide bonds. The fourth-order valence-electron chi connectivity index (χ4n) is 3.29. The lowest BCUT2D eigenvalue weighted by atomic mass is 10.0. The van der Waals surface area contributed by atoms with Gasteiger partial charge in [-0.1, -0.05) is 60.2 Å². The molecule has 4 rings (SSSR count). The molecule has 1 aromatic heterocycles. The van der Waals surface area contributed by atoms with Crippen molar-refractivity contribution in [3.05, 3.63) is 66.0 Å². The van der Waals surface area contributed by atoms with E-state index in [4.69, 9.17) is 4.98 Å². The Morgan fingerprint density at radius 1 is 0.864 bits per heavy atom. The number of hydrogen-bond donors (Lipinski definition) is 0. The Kier molecular flexibility index (Phi) is 3.30. The first kappa shape index (κ1) is 13.3. The van der Waals surface area contributed by atoms with Crippen LogP contribution >= 0.6 is 0 Å². The maximum absolute atomic E-state index is 4.99. The van der Waals surface area contributed by atoms with Crippen molar-refractivity contribution in [2.24, 2.45) is 0 Å². The Hall–Kier alpha value is -2.35. The molecule has 0 radical (unpaired) electrons. The average molecular weight is 288 g/mol. The largest absolute Gasteiger partial charge is 0.327 e. The smallest absolute Gasteiger partial charge is 0.109 e. The van der Waals surface area contributed by atoms with Crippen LogP contribution in [0.4, 0.5) is 0 Å². The van der Waals surface area contributed by atoms with Crippen LogP contribution in [0.1, 0.15) is 24.2 Å². The number of aryl methyl sites for hydroxylation is 2. The van der Waals surface area contributed by atoms with Crippen LogP contribution in [0.2, 0.25) is 0 Å². The summed E-state index contributed by atoms with van der Waals surface area (Å²) in [7, 11) is 0. The predicted molar refractivity (Wildman–Crippen MR) is 90.8 cm³/mol. The van der Waals surface area contributed by atoms with Gasteiger partial charge in [-0.3, -0.25) is 0 Å². The van der Waals surface area contributed by atoms with E-state index in [0.29, 0.717) is 0 Å². The summed E-state index contributed by atoms with van der Waals surface area (Å²) in [6.07, 6.45) is 3.58. The number of benzene rings is 2. The molecule has 0 aliphatic carbocycles. The molecule has 0 saturated heterocycles. The summed E-state index contributed by atoms with van der Waals surface area (Å²) in [6, 6.07) is 19.4. The third kappa shape index (κ3) is 2.25. The minimum Gasteiger partial charge on any atom is -0.327 e. The monoisotopic (exact) mass is 288 g/mol. The Balaban J connectivity index is 1.94. The van der Waals surface area contributed by atoms with Gasteiger partial charge >= 0.3 is 0 Å². The van der Waals surface area contributed by atoms with Crippen molar-refractivity contribution in [2.75, 3.05) is 0 Å². The van der Waals surface area contributed by atoms with Gasteiger partial charge in [-0.2, -0.15) is 0 Å². The van der Waals surface area contributed by atoms with E-state index >= 15 is 0 Å². The summed E-state index contributed by atoms with van der Waals surface area (Å²) in [5, 5.41) is 0. The van der Waals surface area contributed by atoms with Crippen molar-refractivity contribution in [1.29, 1.82) is 0 Å². The van der Waals surface area contributed by atoms with Gasteiger partial charge in [-0.05, 0) is 19.8 Å². The first-order valence-corrected chi connectivity index (χ1v) is 8.05. The highest BCUT2D eigenvalue weighted by molar-refractivity contribution is 5.79. The fourth-order valence-corrected chi connectivity index (χ4v) is 3.29. The van der Waals surface area contributed by atoms with Crippen LogP contribution < -0.4 is 0 Å². The molecule has 0 bridgehead atoms. The van der Waals surface area contributed by atoms with Gasteiger partial charge in [0.2, 0.25) is 0 Å². The maximum Gasteiger partial charge on any atom is 0.109 e. The van der Waals surface area contributed by atoms with Crippen LogP contribution in [0, 0.1) is 6.92 Å². The van der Waals surface area contributed by atoms with E-state index in [1.807, 2.05) is 0 Å². The molecule has 1 aliphatic rings. The summed E-state index contributed by atoms with van der Waals surface area (Å²) in [6.45, 7) is 3.21. The number of fused-ring (bicyclic) bond motifs is 1. The Morgan fingerprint density at radius 2 is 1.64 bits per heavy atom. The van der Waals surface area contributed by atoms with E-state index < -0.39 is 0 Å². The van der Waals surface area contributed by atoms with Crippen LogP contribution in [0.15, 0.2) is 54.6 Å². The molecule has 0 spiro atoms. The van der Waals surface area contributed by atoms with Gasteiger partial charge in [-0.25, -0.2) is 4.98 Å². The van der Waals surface area contributed by atoms with Crippen molar-refractivity contribution in [2.45, 2.75) is 32.7 Å². The van der Waals surface area contributed by atoms with Crippen LogP contribution in [-0.2, 0) is 13.0 Å². The summed E-state index contributed by atoms with van der Waals surface area (Å²) >= 11 is 0. The SMILES string of the molecule is Cc1ccc(-c2nc3n(c2-c2ccccc2)CCCC3)cc1. The van der Waals surface area contributed by atoms with Gasteiger partial charge in [0, 0.05) is 24.1 Å². The third-order valence-corrected chi connectivity index (χ3v) is 4.45. The Bertz CT molecular complexity index is 783. The van der Waals surface area contributed by atoms with Crippen molar-refractivity contribution < 1.29 is 0 Å². The molecule has 110 valence electrons. The van der Waals surface area contributed by atoms with Crippen LogP contribution in [0.3, 0.4) is 0 Å². The fraction of sp³-hybridized carbons (Fsp3) is 0.250. The zero-order chi connectivity index (χ0) is 14.9. The summed E-state index contributed by atoms with van der Waals surface area (Å²) < 4.78 is 2.42. The number of imidazole rings is 1. The second-order valence-electron chi connectivity index (χ2n) is 6.07. The highest BCUT2D eigenvalue weighted by atomic mass is 15.1. The predicted octanol–water partition coefficient (Wildman–Crippen LogP) is 4.86. The molecule has 0 fully saturated rings. The third-order valence-electron chi connectivity index (χ3n) is 4.45. The van der Waals surface area contributed by atoms with Gasteiger partial charge in [0.1, 0.15) is 5.82 Å². The van der Waals surface area contributed by atoms with Gasteiger partial charge < -0.3 is 4.57 Å². The number of aromatic nitrogens is 2. The van der Waals surface area contributed by atoms with E-state index in [1.54, 1.807) is 0 Å². The highest BCUT2D eigenvalue weighted by Crippen LogP contribution is 2.35. The lowest BCUT2D eigenvalue weighted by Gasteiger charge is -2.16. The lowest BCUT2D eigenvalue weighted by Crippen LogP contribution is -2.11. The quantitative estimate of drug-likeness (QED) is 0.658. The van der Waals surface area contributed by atoms with E-state index in [-0.39, 0.29) is 0 Å². The van der Waals surface area contributed by atoms with Crippen LogP contribution in [0.5, 0.6) is 0 Å². The first-order valence-electron chi connectivity index (χ1n) is 8.05. The normalized spacial score (nSPS) is 13.9. The summed E-state index contributed by atoms with van der Waals surface area (Å²) in [5.74, 6) is 1.24. The van der Waals surface area contributed by atoms with Gasteiger partial charge in [0.15, 0.2) is 0 Å². The van der Waals surface area contributed by atoms with E-state index in [9.17, 15) is 0 Å². The molecule has 2 aromatic carbocycles. The van der Waals surface area contributed by atoms with Crippen molar-refractivity contribution in [3.63, 3.8) is 0 Å². The van der Waals surface area contributed by atoms with Crippen molar-refractivity contribution in [3.8, 4) is 22.5 Å². The summed E-state index contributed by atoms with van der Waals surface area (Å²) in [4.78, 5) is 4.99. The molecule has 2 nitrogen and oxygen atoms in total. The van der Waals surface area contributed by atoms with Gasteiger partial charge in [0.25, 0.3) is 0 Å². The molecule has 0 N–H and O–H groups in total. The minimum absolute atomic E-state index is 1.08. The number of rotatable bonds is 2. The highest BCUT2D eigenvalue weighted by Gasteiger charge is 2.21. The average Bonchev–Trinajstić information content (AvgIpc) is 2.96. The van der Waals surface area contributed by atoms with Crippen LogP contribution in [0.25, 0.3) is 22.5 Å². The second kappa shape index (κ2) is 5.45. The molecule has 22 heavy (non-hydrogen) atoms. The lowest BCUT2D eigenvalue weighted by molar-refractivity contribution is 0.526. The molecule has 0 atom stereocenters. The molecule has 1 aliphatic heterocycles. The van der Waals surface area contributed by atoms with Crippen molar-refractivity contribution >= 4 is 0 Å². The summed E-state index contributed by atoms with van der Waals surface area (Å²) in [5.41, 5.74) is 6.17. The molecule has 0 unspecified atom stereocenters. The molecule has 2 heteroatoms. The molecule has 0 saturated carbocycles. The minimum atomic E-state index is 1.08. The van der Waals surface area contributed by atoms with E-state index in [0.717, 1.165) is 18.7 Å². The Labute approximate surface area is 131 Å². The number of nitrogens with zero attached hydrogens (tertiary/aromatic N) is 2. The molecular weight excluding hydrogens is 268 g/mol. The Morgan fingerprint density at radius 3 is 2.41 bits per heavy atom. The standard InChI is InChI=1S/C20H20N2/c1-15-10-12-16(13-11-15)19-20(17-7-3-2-4-8-17)22-14-6-5-9-18(22)21-19/h2-4,7-8,10-13H,5-6,9,14H2,1H3. The van der Waals surface area contributed by atoms with Crippen molar-refractivity contribution in [1.82, 2.24) is 9.55 Å². The first-order chi connectivity index (χ1) is 10.8. The molecular formula is C20H20N2. The number of hydrogen-bond acceptors (Lipinski definition) is 1.